The van der Waals surface area contributed by atoms with E-state index in [0.29, 0.717) is 18.8 Å². The number of rotatable bonds is 6. The van der Waals surface area contributed by atoms with Gasteiger partial charge in [0.05, 0.1) is 11.8 Å². The zero-order chi connectivity index (χ0) is 15.4. The lowest BCUT2D eigenvalue weighted by Gasteiger charge is -2.29. The van der Waals surface area contributed by atoms with Crippen molar-refractivity contribution in [2.45, 2.75) is 26.9 Å². The number of hydrogen-bond donors (Lipinski definition) is 1. The van der Waals surface area contributed by atoms with E-state index in [1.165, 1.54) is 0 Å². The summed E-state index contributed by atoms with van der Waals surface area (Å²) in [4.78, 5) is 15.7. The monoisotopic (exact) mass is 292 g/mol. The first-order chi connectivity index (χ1) is 10.1. The SMILES string of the molecule is CCN(CC)CC(O)c1ccc2c(c1)N(CC)C(=O)CO2. The van der Waals surface area contributed by atoms with Gasteiger partial charge >= 0.3 is 0 Å². The van der Waals surface area contributed by atoms with Gasteiger partial charge in [0.2, 0.25) is 0 Å². The lowest BCUT2D eigenvalue weighted by Crippen LogP contribution is -2.38. The van der Waals surface area contributed by atoms with Gasteiger partial charge in [-0.15, -0.1) is 0 Å². The van der Waals surface area contributed by atoms with E-state index in [9.17, 15) is 9.90 Å². The van der Waals surface area contributed by atoms with Crippen LogP contribution >= 0.6 is 0 Å². The summed E-state index contributed by atoms with van der Waals surface area (Å²) in [6, 6.07) is 5.58. The minimum absolute atomic E-state index is 0.0413. The van der Waals surface area contributed by atoms with Crippen molar-refractivity contribution < 1.29 is 14.6 Å². The van der Waals surface area contributed by atoms with Gasteiger partial charge in [0.15, 0.2) is 6.61 Å². The number of ether oxygens (including phenoxy) is 1. The topological polar surface area (TPSA) is 53.0 Å². The lowest BCUT2D eigenvalue weighted by molar-refractivity contribution is -0.121. The molecule has 1 aromatic carbocycles. The number of amides is 1. The molecule has 116 valence electrons. The molecule has 5 nitrogen and oxygen atoms in total. The van der Waals surface area contributed by atoms with Crippen LogP contribution < -0.4 is 9.64 Å². The molecule has 0 aliphatic carbocycles. The number of likely N-dealkylation sites (N-methyl/N-ethyl adjacent to an activating group) is 2. The summed E-state index contributed by atoms with van der Waals surface area (Å²) in [5.74, 6) is 0.663. The Labute approximate surface area is 126 Å². The highest BCUT2D eigenvalue weighted by Gasteiger charge is 2.25. The second-order valence-corrected chi connectivity index (χ2v) is 5.16. The molecule has 1 N–H and O–H groups in total. The van der Waals surface area contributed by atoms with E-state index in [-0.39, 0.29) is 12.5 Å². The third-order valence-corrected chi connectivity index (χ3v) is 3.95. The quantitative estimate of drug-likeness (QED) is 0.869. The van der Waals surface area contributed by atoms with Crippen LogP contribution in [0.5, 0.6) is 5.75 Å². The number of nitrogens with zero attached hydrogens (tertiary/aromatic N) is 2. The minimum Gasteiger partial charge on any atom is -0.482 e. The van der Waals surface area contributed by atoms with Gasteiger partial charge < -0.3 is 19.6 Å². The molecule has 0 fully saturated rings. The predicted molar refractivity (Wildman–Crippen MR) is 82.7 cm³/mol. The van der Waals surface area contributed by atoms with Crippen LogP contribution in [0.2, 0.25) is 0 Å². The normalized spacial score (nSPS) is 15.9. The van der Waals surface area contributed by atoms with Crippen molar-refractivity contribution in [3.8, 4) is 5.75 Å². The molecular formula is C16H24N2O3. The summed E-state index contributed by atoms with van der Waals surface area (Å²) >= 11 is 0. The summed E-state index contributed by atoms with van der Waals surface area (Å²) in [6.07, 6.45) is -0.564. The van der Waals surface area contributed by atoms with Crippen LogP contribution in [0.15, 0.2) is 18.2 Å². The first kappa shape index (κ1) is 15.8. The van der Waals surface area contributed by atoms with Crippen LogP contribution in [0.4, 0.5) is 5.69 Å². The zero-order valence-corrected chi connectivity index (χ0v) is 13.0. The number of anilines is 1. The molecule has 0 saturated heterocycles. The van der Waals surface area contributed by atoms with Crippen molar-refractivity contribution in [3.05, 3.63) is 23.8 Å². The van der Waals surface area contributed by atoms with Gasteiger partial charge in [-0.3, -0.25) is 4.79 Å². The van der Waals surface area contributed by atoms with E-state index in [4.69, 9.17) is 4.74 Å². The largest absolute Gasteiger partial charge is 0.482 e. The van der Waals surface area contributed by atoms with Crippen LogP contribution in [0.25, 0.3) is 0 Å². The first-order valence-electron chi connectivity index (χ1n) is 7.58. The van der Waals surface area contributed by atoms with Gasteiger partial charge in [-0.25, -0.2) is 0 Å². The number of aliphatic hydroxyl groups excluding tert-OH is 1. The van der Waals surface area contributed by atoms with Crippen molar-refractivity contribution in [1.29, 1.82) is 0 Å². The van der Waals surface area contributed by atoms with Gasteiger partial charge in [-0.2, -0.15) is 0 Å². The number of carbonyl (C=O) groups excluding carboxylic acids is 1. The summed E-state index contributed by atoms with van der Waals surface area (Å²) < 4.78 is 5.44. The van der Waals surface area contributed by atoms with E-state index in [2.05, 4.69) is 18.7 Å². The maximum atomic E-state index is 11.9. The molecule has 0 saturated carbocycles. The molecule has 1 aliphatic rings. The zero-order valence-electron chi connectivity index (χ0n) is 13.0. The Balaban J connectivity index is 2.23. The standard InChI is InChI=1S/C16H24N2O3/c1-4-17(5-2)10-14(19)12-7-8-15-13(9-12)18(6-3)16(20)11-21-15/h7-9,14,19H,4-6,10-11H2,1-3H3. The highest BCUT2D eigenvalue weighted by Crippen LogP contribution is 2.34. The fourth-order valence-electron chi connectivity index (χ4n) is 2.60. The second-order valence-electron chi connectivity index (χ2n) is 5.16. The van der Waals surface area contributed by atoms with Gasteiger partial charge in [0, 0.05) is 13.1 Å². The summed E-state index contributed by atoms with van der Waals surface area (Å²) in [7, 11) is 0. The van der Waals surface area contributed by atoms with Gasteiger partial charge in [-0.05, 0) is 37.7 Å². The van der Waals surface area contributed by atoms with Crippen LogP contribution in [0, 0.1) is 0 Å². The highest BCUT2D eigenvalue weighted by atomic mass is 16.5. The fraction of sp³-hybridized carbons (Fsp3) is 0.562. The Morgan fingerprint density at radius 3 is 2.67 bits per heavy atom. The van der Waals surface area contributed by atoms with Crippen LogP contribution in [0.1, 0.15) is 32.4 Å². The van der Waals surface area contributed by atoms with Gasteiger partial charge in [-0.1, -0.05) is 19.9 Å². The van der Waals surface area contributed by atoms with E-state index in [1.807, 2.05) is 25.1 Å². The average Bonchev–Trinajstić information content (AvgIpc) is 2.51. The summed E-state index contributed by atoms with van der Waals surface area (Å²) in [6.45, 7) is 9.18. The Morgan fingerprint density at radius 2 is 2.05 bits per heavy atom. The molecule has 0 aromatic heterocycles. The molecule has 5 heteroatoms. The molecule has 1 amide bonds. The van der Waals surface area contributed by atoms with Gasteiger partial charge in [0.1, 0.15) is 5.75 Å². The Bertz CT molecular complexity index is 500. The number of benzene rings is 1. The maximum Gasteiger partial charge on any atom is 0.265 e. The Kier molecular flexibility index (Phi) is 5.20. The number of fused-ring (bicyclic) bond motifs is 1. The van der Waals surface area contributed by atoms with Crippen molar-refractivity contribution in [1.82, 2.24) is 4.90 Å². The van der Waals surface area contributed by atoms with Gasteiger partial charge in [0.25, 0.3) is 5.91 Å². The predicted octanol–water partition coefficient (Wildman–Crippen LogP) is 1.81. The molecule has 0 bridgehead atoms. The molecule has 1 atom stereocenters. The third-order valence-electron chi connectivity index (χ3n) is 3.95. The van der Waals surface area contributed by atoms with E-state index in [1.54, 1.807) is 4.90 Å². The molecule has 1 unspecified atom stereocenters. The smallest absolute Gasteiger partial charge is 0.265 e. The Hall–Kier alpha value is -1.59. The van der Waals surface area contributed by atoms with E-state index >= 15 is 0 Å². The van der Waals surface area contributed by atoms with Crippen molar-refractivity contribution in [3.63, 3.8) is 0 Å². The molecule has 1 aromatic rings. The number of aliphatic hydroxyl groups is 1. The van der Waals surface area contributed by atoms with Crippen LogP contribution in [-0.2, 0) is 4.79 Å². The Morgan fingerprint density at radius 1 is 1.33 bits per heavy atom. The van der Waals surface area contributed by atoms with Crippen molar-refractivity contribution in [2.75, 3.05) is 37.7 Å². The minimum atomic E-state index is -0.564. The van der Waals surface area contributed by atoms with E-state index in [0.717, 1.165) is 24.3 Å². The van der Waals surface area contributed by atoms with Crippen molar-refractivity contribution >= 4 is 11.6 Å². The number of carbonyl (C=O) groups is 1. The third kappa shape index (κ3) is 3.36. The molecule has 2 rings (SSSR count). The molecule has 0 spiro atoms. The van der Waals surface area contributed by atoms with Crippen molar-refractivity contribution in [2.24, 2.45) is 0 Å². The molecule has 1 heterocycles. The molecule has 0 radical (unpaired) electrons. The number of hydrogen-bond acceptors (Lipinski definition) is 4. The fourth-order valence-corrected chi connectivity index (χ4v) is 2.60. The lowest BCUT2D eigenvalue weighted by atomic mass is 10.1. The highest BCUT2D eigenvalue weighted by molar-refractivity contribution is 5.97. The first-order valence-corrected chi connectivity index (χ1v) is 7.58. The molecule has 1 aliphatic heterocycles. The second kappa shape index (κ2) is 6.91. The average molecular weight is 292 g/mol. The summed E-state index contributed by atoms with van der Waals surface area (Å²) in [5.41, 5.74) is 1.57. The van der Waals surface area contributed by atoms with Crippen LogP contribution in [0.3, 0.4) is 0 Å². The molecule has 21 heavy (non-hydrogen) atoms. The molecular weight excluding hydrogens is 268 g/mol. The van der Waals surface area contributed by atoms with E-state index < -0.39 is 6.10 Å². The van der Waals surface area contributed by atoms with Crippen LogP contribution in [-0.4, -0.2) is 48.7 Å². The maximum absolute atomic E-state index is 11.9. The summed E-state index contributed by atoms with van der Waals surface area (Å²) in [5, 5.41) is 10.4.